The fourth-order valence-electron chi connectivity index (χ4n) is 4.21. The van der Waals surface area contributed by atoms with Gasteiger partial charge in [0, 0.05) is 68.5 Å². The molecule has 0 spiro atoms. The lowest BCUT2D eigenvalue weighted by Crippen LogP contribution is -2.40. The van der Waals surface area contributed by atoms with E-state index in [4.69, 9.17) is 0 Å². The van der Waals surface area contributed by atoms with Gasteiger partial charge in [-0.15, -0.1) is 0 Å². The van der Waals surface area contributed by atoms with Gasteiger partial charge in [-0.25, -0.2) is 13.8 Å². The molecular formula is C23H23F5N6O3. The van der Waals surface area contributed by atoms with Crippen LogP contribution in [0.5, 0.6) is 0 Å². The molecule has 2 aliphatic rings. The number of nitro benzene ring substituents is 1. The van der Waals surface area contributed by atoms with E-state index in [-0.39, 0.29) is 74.1 Å². The largest absolute Gasteiger partial charge is 0.412 e. The summed E-state index contributed by atoms with van der Waals surface area (Å²) >= 11 is 0. The number of amides is 1. The van der Waals surface area contributed by atoms with E-state index < -0.39 is 28.5 Å². The van der Waals surface area contributed by atoms with Gasteiger partial charge in [-0.3, -0.25) is 14.9 Å². The van der Waals surface area contributed by atoms with Crippen LogP contribution in [0.15, 0.2) is 35.9 Å². The molecule has 37 heavy (non-hydrogen) atoms. The van der Waals surface area contributed by atoms with Crippen LogP contribution in [-0.2, 0) is 0 Å². The third-order valence-electron chi connectivity index (χ3n) is 6.21. The molecule has 0 atom stereocenters. The maximum Gasteiger partial charge on any atom is 0.412 e. The van der Waals surface area contributed by atoms with Gasteiger partial charge in [0.1, 0.15) is 5.82 Å². The standard InChI is InChI=1S/C23H23F5N6O3/c1-14-12-19(31-21(29-14)33-10-6-22(24,25)7-11-33)30-20(35)17-3-2-16(34(36)37)13-18(17)32-8-4-15(5-9-32)23(26,27)28/h2-4,12-13H,5-11H2,1H3,(H,29,30,31,35). The van der Waals surface area contributed by atoms with Crippen molar-refractivity contribution in [2.24, 2.45) is 0 Å². The summed E-state index contributed by atoms with van der Waals surface area (Å²) in [5.41, 5.74) is -0.431. The number of alkyl halides is 5. The number of anilines is 3. The fraction of sp³-hybridized carbons (Fsp3) is 0.435. The number of halogens is 5. The molecule has 198 valence electrons. The summed E-state index contributed by atoms with van der Waals surface area (Å²) in [6.45, 7) is 1.45. The van der Waals surface area contributed by atoms with Crippen LogP contribution in [0.3, 0.4) is 0 Å². The van der Waals surface area contributed by atoms with Crippen molar-refractivity contribution in [3.05, 3.63) is 57.3 Å². The number of nitrogens with zero attached hydrogens (tertiary/aromatic N) is 5. The Labute approximate surface area is 208 Å². The van der Waals surface area contributed by atoms with Gasteiger partial charge in [0.2, 0.25) is 5.95 Å². The lowest BCUT2D eigenvalue weighted by atomic mass is 10.0. The molecule has 0 bridgehead atoms. The molecule has 1 N–H and O–H groups in total. The summed E-state index contributed by atoms with van der Waals surface area (Å²) in [6, 6.07) is 4.98. The number of nitro groups is 1. The van der Waals surface area contributed by atoms with Crippen LogP contribution < -0.4 is 15.1 Å². The highest BCUT2D eigenvalue weighted by molar-refractivity contribution is 6.08. The van der Waals surface area contributed by atoms with Gasteiger partial charge in [-0.1, -0.05) is 6.08 Å². The molecule has 1 amide bonds. The van der Waals surface area contributed by atoms with Crippen molar-refractivity contribution in [3.8, 4) is 0 Å². The number of non-ortho nitro benzene ring substituents is 1. The lowest BCUT2D eigenvalue weighted by Gasteiger charge is -2.32. The minimum atomic E-state index is -4.47. The minimum absolute atomic E-state index is 0.00453. The number of carbonyl (C=O) groups is 1. The van der Waals surface area contributed by atoms with Crippen molar-refractivity contribution in [1.29, 1.82) is 0 Å². The maximum atomic E-state index is 13.5. The van der Waals surface area contributed by atoms with Crippen LogP contribution in [0, 0.1) is 17.0 Å². The van der Waals surface area contributed by atoms with Crippen molar-refractivity contribution in [3.63, 3.8) is 0 Å². The molecule has 1 saturated heterocycles. The molecule has 1 fully saturated rings. The molecule has 1 aromatic heterocycles. The normalized spacial score (nSPS) is 17.8. The van der Waals surface area contributed by atoms with E-state index in [0.717, 1.165) is 18.2 Å². The van der Waals surface area contributed by atoms with Crippen molar-refractivity contribution in [1.82, 2.24) is 9.97 Å². The van der Waals surface area contributed by atoms with E-state index in [2.05, 4.69) is 15.3 Å². The molecular weight excluding hydrogens is 503 g/mol. The number of nitrogens with one attached hydrogen (secondary N) is 1. The Morgan fingerprint density at radius 3 is 2.41 bits per heavy atom. The molecule has 2 aromatic rings. The molecule has 2 aliphatic heterocycles. The third kappa shape index (κ3) is 6.12. The van der Waals surface area contributed by atoms with E-state index in [9.17, 15) is 36.9 Å². The van der Waals surface area contributed by atoms with Crippen molar-refractivity contribution >= 4 is 29.0 Å². The number of aromatic nitrogens is 2. The van der Waals surface area contributed by atoms with Gasteiger partial charge < -0.3 is 15.1 Å². The summed E-state index contributed by atoms with van der Waals surface area (Å²) in [4.78, 5) is 35.4. The Hall–Kier alpha value is -3.84. The van der Waals surface area contributed by atoms with Crippen molar-refractivity contribution in [2.45, 2.75) is 38.3 Å². The SMILES string of the molecule is Cc1cc(NC(=O)c2ccc([N+](=O)[O-])cc2N2CC=C(C(F)(F)F)CC2)nc(N2CCC(F)(F)CC2)n1. The van der Waals surface area contributed by atoms with E-state index in [1.165, 1.54) is 17.0 Å². The number of hydrogen-bond acceptors (Lipinski definition) is 7. The van der Waals surface area contributed by atoms with Crippen LogP contribution in [0.4, 0.5) is 45.1 Å². The van der Waals surface area contributed by atoms with Gasteiger partial charge >= 0.3 is 6.18 Å². The lowest BCUT2D eigenvalue weighted by molar-refractivity contribution is -0.384. The maximum absolute atomic E-state index is 13.5. The zero-order valence-electron chi connectivity index (χ0n) is 19.7. The Bertz CT molecular complexity index is 1240. The zero-order chi connectivity index (χ0) is 27.0. The second-order valence-electron chi connectivity index (χ2n) is 8.87. The first-order valence-electron chi connectivity index (χ1n) is 11.4. The first-order valence-corrected chi connectivity index (χ1v) is 11.4. The summed E-state index contributed by atoms with van der Waals surface area (Å²) in [6.07, 6.45) is -4.51. The number of piperidine rings is 1. The second kappa shape index (κ2) is 9.90. The molecule has 0 aliphatic carbocycles. The van der Waals surface area contributed by atoms with Crippen LogP contribution in [0.1, 0.15) is 35.3 Å². The fourth-order valence-corrected chi connectivity index (χ4v) is 4.21. The summed E-state index contributed by atoms with van der Waals surface area (Å²) in [5.74, 6) is -3.18. The van der Waals surface area contributed by atoms with Gasteiger partial charge in [-0.05, 0) is 19.4 Å². The number of carbonyl (C=O) groups excluding carboxylic acids is 1. The molecule has 0 radical (unpaired) electrons. The predicted octanol–water partition coefficient (Wildman–Crippen LogP) is 4.88. The molecule has 0 unspecified atom stereocenters. The van der Waals surface area contributed by atoms with E-state index in [1.807, 2.05) is 0 Å². The van der Waals surface area contributed by atoms with Crippen molar-refractivity contribution in [2.75, 3.05) is 41.3 Å². The molecule has 9 nitrogen and oxygen atoms in total. The summed E-state index contributed by atoms with van der Waals surface area (Å²) < 4.78 is 66.2. The average molecular weight is 526 g/mol. The van der Waals surface area contributed by atoms with E-state index >= 15 is 0 Å². The second-order valence-corrected chi connectivity index (χ2v) is 8.87. The Kier molecular flexibility index (Phi) is 7.02. The molecule has 14 heteroatoms. The first-order chi connectivity index (χ1) is 17.3. The molecule has 3 heterocycles. The Morgan fingerprint density at radius 1 is 1.11 bits per heavy atom. The van der Waals surface area contributed by atoms with Gasteiger partial charge in [0.15, 0.2) is 0 Å². The summed E-state index contributed by atoms with van der Waals surface area (Å²) in [7, 11) is 0. The Morgan fingerprint density at radius 2 is 1.81 bits per heavy atom. The highest BCUT2D eigenvalue weighted by atomic mass is 19.4. The van der Waals surface area contributed by atoms with Crippen molar-refractivity contribution < 1.29 is 31.7 Å². The number of rotatable bonds is 5. The molecule has 4 rings (SSSR count). The van der Waals surface area contributed by atoms with E-state index in [1.54, 1.807) is 11.8 Å². The van der Waals surface area contributed by atoms with E-state index in [0.29, 0.717) is 5.69 Å². The smallest absolute Gasteiger partial charge is 0.367 e. The van der Waals surface area contributed by atoms with Gasteiger partial charge in [0.25, 0.3) is 17.5 Å². The topological polar surface area (TPSA) is 104 Å². The first kappa shape index (κ1) is 26.2. The summed E-state index contributed by atoms with van der Waals surface area (Å²) in [5, 5.41) is 13.9. The number of aryl methyl sites for hydroxylation is 1. The highest BCUT2D eigenvalue weighted by Crippen LogP contribution is 2.34. The zero-order valence-corrected chi connectivity index (χ0v) is 19.7. The molecule has 1 aromatic carbocycles. The van der Waals surface area contributed by atoms with Gasteiger partial charge in [0.05, 0.1) is 16.2 Å². The quantitative estimate of drug-likeness (QED) is 0.256. The van der Waals surface area contributed by atoms with Crippen LogP contribution in [-0.4, -0.2) is 59.1 Å². The number of benzene rings is 1. The Balaban J connectivity index is 1.59. The van der Waals surface area contributed by atoms with Gasteiger partial charge in [-0.2, -0.15) is 18.2 Å². The number of hydrogen-bond donors (Lipinski definition) is 1. The highest BCUT2D eigenvalue weighted by Gasteiger charge is 2.36. The molecule has 0 saturated carbocycles. The van der Waals surface area contributed by atoms with Crippen LogP contribution >= 0.6 is 0 Å². The van der Waals surface area contributed by atoms with Crippen LogP contribution in [0.25, 0.3) is 0 Å². The average Bonchev–Trinajstić information content (AvgIpc) is 2.82. The monoisotopic (exact) mass is 526 g/mol. The van der Waals surface area contributed by atoms with Crippen LogP contribution in [0.2, 0.25) is 0 Å². The predicted molar refractivity (Wildman–Crippen MR) is 125 cm³/mol. The third-order valence-corrected chi connectivity index (χ3v) is 6.21. The minimum Gasteiger partial charge on any atom is -0.367 e.